The Morgan fingerprint density at radius 3 is 2.02 bits per heavy atom. The number of rotatable bonds is 19. The normalized spacial score (nSPS) is 12.4. The highest BCUT2D eigenvalue weighted by atomic mass is 32.2. The number of nitrogens with zero attached hydrogens (tertiary/aromatic N) is 1. The molecule has 0 aromatic heterocycles. The minimum absolute atomic E-state index is 0.137. The van der Waals surface area contributed by atoms with Crippen LogP contribution in [0.1, 0.15) is 56.2 Å². The molecule has 1 amide bonds. The predicted molar refractivity (Wildman–Crippen MR) is 197 cm³/mol. The molecule has 266 valence electrons. The zero-order chi connectivity index (χ0) is 36.1. The van der Waals surface area contributed by atoms with Gasteiger partial charge in [-0.2, -0.15) is 0 Å². The van der Waals surface area contributed by atoms with Crippen LogP contribution < -0.4 is 24.4 Å². The van der Waals surface area contributed by atoms with Crippen LogP contribution in [-0.4, -0.2) is 44.3 Å². The van der Waals surface area contributed by atoms with Gasteiger partial charge < -0.3 is 24.8 Å². The van der Waals surface area contributed by atoms with Crippen LogP contribution in [0.5, 0.6) is 17.2 Å². The average molecular weight is 702 g/mol. The van der Waals surface area contributed by atoms with E-state index in [1.165, 1.54) is 0 Å². The van der Waals surface area contributed by atoms with E-state index in [0.717, 1.165) is 28.6 Å². The summed E-state index contributed by atoms with van der Waals surface area (Å²) in [5.74, 6) is 0.618. The van der Waals surface area contributed by atoms with E-state index < -0.39 is 22.0 Å². The van der Waals surface area contributed by atoms with Crippen molar-refractivity contribution >= 4 is 33.3 Å². The lowest BCUT2D eigenvalue weighted by molar-refractivity contribution is -0.143. The Morgan fingerprint density at radius 1 is 0.820 bits per heavy atom. The van der Waals surface area contributed by atoms with Crippen LogP contribution in [0.25, 0.3) is 0 Å². The lowest BCUT2D eigenvalue weighted by Crippen LogP contribution is -2.44. The largest absolute Gasteiger partial charge is 0.494 e. The maximum absolute atomic E-state index is 12.2. The molecule has 0 fully saturated rings. The Morgan fingerprint density at radius 2 is 1.42 bits per heavy atom. The molecule has 0 aliphatic carbocycles. The van der Waals surface area contributed by atoms with Gasteiger partial charge in [-0.1, -0.05) is 68.8 Å². The topological polar surface area (TPSA) is 134 Å². The Labute approximate surface area is 295 Å². The van der Waals surface area contributed by atoms with Gasteiger partial charge in [0.2, 0.25) is 15.9 Å². The summed E-state index contributed by atoms with van der Waals surface area (Å²) in [6.45, 7) is 7.30. The predicted octanol–water partition coefficient (Wildman–Crippen LogP) is 7.53. The lowest BCUT2D eigenvalue weighted by Gasteiger charge is -2.28. The van der Waals surface area contributed by atoms with Crippen molar-refractivity contribution in [3.8, 4) is 17.2 Å². The first-order chi connectivity index (χ1) is 23.9. The second kappa shape index (κ2) is 18.1. The molecule has 4 rings (SSSR count). The molecule has 0 aliphatic heterocycles. The van der Waals surface area contributed by atoms with Crippen LogP contribution in [0, 0.1) is 12.8 Å². The fourth-order valence-corrected chi connectivity index (χ4v) is 6.06. The molecular weight excluding hydrogens is 655 g/mol. The van der Waals surface area contributed by atoms with Crippen molar-refractivity contribution in [1.29, 1.82) is 0 Å². The van der Waals surface area contributed by atoms with Crippen LogP contribution in [0.15, 0.2) is 97.1 Å². The van der Waals surface area contributed by atoms with Gasteiger partial charge in [0.25, 0.3) is 0 Å². The molecular formula is C39H47N3O7S. The number of hydrogen-bond acceptors (Lipinski definition) is 7. The smallest absolute Gasteiger partial charge is 0.326 e. The number of carbonyl (C=O) groups excluding carboxylic acids is 1. The number of carboxylic acid groups (broad SMARTS) is 1. The zero-order valence-corrected chi connectivity index (χ0v) is 29.9. The highest BCUT2D eigenvalue weighted by Gasteiger charge is 2.25. The molecule has 0 heterocycles. The number of unbranched alkanes of at least 4 members (excludes halogenated alkanes) is 1. The van der Waals surface area contributed by atoms with E-state index in [9.17, 15) is 23.1 Å². The number of aliphatic carboxylic acids is 1. The summed E-state index contributed by atoms with van der Waals surface area (Å²) in [5, 5.41) is 12.0. The van der Waals surface area contributed by atoms with Crippen molar-refractivity contribution in [1.82, 2.24) is 5.32 Å². The number of amides is 1. The second-order valence-electron chi connectivity index (χ2n) is 12.5. The Kier molecular flexibility index (Phi) is 13.7. The van der Waals surface area contributed by atoms with E-state index in [1.807, 2.05) is 99.6 Å². The molecule has 4 aromatic rings. The average Bonchev–Trinajstić information content (AvgIpc) is 3.08. The van der Waals surface area contributed by atoms with Gasteiger partial charge >= 0.3 is 5.97 Å². The minimum atomic E-state index is -3.43. The van der Waals surface area contributed by atoms with Gasteiger partial charge in [-0.05, 0) is 90.9 Å². The van der Waals surface area contributed by atoms with Gasteiger partial charge in [0.05, 0.1) is 18.6 Å². The van der Waals surface area contributed by atoms with E-state index in [4.69, 9.17) is 9.47 Å². The van der Waals surface area contributed by atoms with Gasteiger partial charge in [0.1, 0.15) is 23.3 Å². The first-order valence-corrected chi connectivity index (χ1v) is 18.7. The highest BCUT2D eigenvalue weighted by Crippen LogP contribution is 2.31. The van der Waals surface area contributed by atoms with Gasteiger partial charge in [-0.15, -0.1) is 0 Å². The molecule has 50 heavy (non-hydrogen) atoms. The van der Waals surface area contributed by atoms with Crippen LogP contribution >= 0.6 is 0 Å². The summed E-state index contributed by atoms with van der Waals surface area (Å²) < 4.78 is 38.5. The number of anilines is 2. The van der Waals surface area contributed by atoms with Crippen molar-refractivity contribution in [3.05, 3.63) is 114 Å². The van der Waals surface area contributed by atoms with E-state index >= 15 is 0 Å². The molecule has 0 aliphatic rings. The summed E-state index contributed by atoms with van der Waals surface area (Å²) >= 11 is 0. The number of benzene rings is 4. The second-order valence-corrected chi connectivity index (χ2v) is 14.2. The number of nitrogens with one attached hydrogen (secondary N) is 2. The Hall–Kier alpha value is -5.03. The van der Waals surface area contributed by atoms with Crippen molar-refractivity contribution in [2.75, 3.05) is 22.5 Å². The number of carbonyl (C=O) groups is 2. The molecule has 0 saturated carbocycles. The first-order valence-electron chi connectivity index (χ1n) is 16.8. The van der Waals surface area contributed by atoms with Crippen LogP contribution in [0.2, 0.25) is 0 Å². The zero-order valence-electron chi connectivity index (χ0n) is 29.1. The van der Waals surface area contributed by atoms with Crippen molar-refractivity contribution in [3.63, 3.8) is 0 Å². The summed E-state index contributed by atoms with van der Waals surface area (Å²) in [5.41, 5.74) is 4.53. The van der Waals surface area contributed by atoms with E-state index in [1.54, 1.807) is 6.07 Å². The maximum atomic E-state index is 12.2. The molecule has 10 nitrogen and oxygen atoms in total. The molecule has 3 N–H and O–H groups in total. The standard InChI is InChI=1S/C39H47N3O7S/c1-5-28(2)38(39(44)45)40-37(43)16-9-10-25-48-32-21-23-34(24-22-32)49-33-19-17-31(18-20-33)27-42(26-30-12-7-6-8-13-30)36-15-11-14-35(29(36)3)41-50(4,46)47/h6-8,11-15,17-24,28,38,41H,5,9-10,16,25-27H2,1-4H3,(H,40,43)(H,44,45)/t28-,38-/m0/s1. The third-order valence-electron chi connectivity index (χ3n) is 8.38. The monoisotopic (exact) mass is 701 g/mol. The molecule has 0 unspecified atom stereocenters. The maximum Gasteiger partial charge on any atom is 0.326 e. The molecule has 0 saturated heterocycles. The van der Waals surface area contributed by atoms with E-state index in [2.05, 4.69) is 27.1 Å². The number of ether oxygens (including phenoxy) is 2. The van der Waals surface area contributed by atoms with Gasteiger partial charge in [0, 0.05) is 25.2 Å². The Balaban J connectivity index is 1.30. The van der Waals surface area contributed by atoms with Crippen LogP contribution in [0.4, 0.5) is 11.4 Å². The summed E-state index contributed by atoms with van der Waals surface area (Å²) in [7, 11) is -3.43. The van der Waals surface area contributed by atoms with Gasteiger partial charge in [-0.25, -0.2) is 13.2 Å². The fourth-order valence-electron chi connectivity index (χ4n) is 5.44. The molecule has 4 aromatic carbocycles. The molecule has 11 heteroatoms. The first kappa shape index (κ1) is 37.8. The quantitative estimate of drug-likeness (QED) is 0.0855. The summed E-state index contributed by atoms with van der Waals surface area (Å²) in [4.78, 5) is 25.9. The fraction of sp³-hybridized carbons (Fsp3) is 0.333. The third-order valence-corrected chi connectivity index (χ3v) is 8.97. The molecule has 0 spiro atoms. The van der Waals surface area contributed by atoms with Crippen molar-refractivity contribution in [2.45, 2.75) is 65.6 Å². The number of hydrogen-bond donors (Lipinski definition) is 3. The minimum Gasteiger partial charge on any atom is -0.494 e. The third kappa shape index (κ3) is 11.8. The van der Waals surface area contributed by atoms with E-state index in [0.29, 0.717) is 61.9 Å². The summed E-state index contributed by atoms with van der Waals surface area (Å²) in [6.07, 6.45) is 3.31. The summed E-state index contributed by atoms with van der Waals surface area (Å²) in [6, 6.07) is 30.1. The van der Waals surface area contributed by atoms with Gasteiger partial charge in [-0.3, -0.25) is 9.52 Å². The number of carboxylic acids is 1. The number of sulfonamides is 1. The van der Waals surface area contributed by atoms with Crippen LogP contribution in [0.3, 0.4) is 0 Å². The molecule has 0 radical (unpaired) electrons. The van der Waals surface area contributed by atoms with Gasteiger partial charge in [0.15, 0.2) is 0 Å². The van der Waals surface area contributed by atoms with Crippen molar-refractivity contribution in [2.24, 2.45) is 5.92 Å². The molecule has 2 atom stereocenters. The SMILES string of the molecule is CC[C@H](C)[C@H](NC(=O)CCCCOc1ccc(Oc2ccc(CN(Cc3ccccc3)c3cccc(NS(C)(=O)=O)c3C)cc2)cc1)C(=O)O. The highest BCUT2D eigenvalue weighted by molar-refractivity contribution is 7.92. The van der Waals surface area contributed by atoms with E-state index in [-0.39, 0.29) is 18.2 Å². The molecule has 0 bridgehead atoms. The van der Waals surface area contributed by atoms with Crippen molar-refractivity contribution < 1.29 is 32.6 Å². The Bertz CT molecular complexity index is 1800. The lowest BCUT2D eigenvalue weighted by atomic mass is 9.99. The van der Waals surface area contributed by atoms with Crippen LogP contribution in [-0.2, 0) is 32.7 Å².